The second-order valence-electron chi connectivity index (χ2n) is 2.47. The number of anilines is 1. The van der Waals surface area contributed by atoms with Crippen molar-refractivity contribution in [2.75, 3.05) is 5.32 Å². The van der Waals surface area contributed by atoms with E-state index in [1.807, 2.05) is 5.32 Å². The van der Waals surface area contributed by atoms with Crippen LogP contribution in [0.1, 0.15) is 6.92 Å². The van der Waals surface area contributed by atoms with Crippen LogP contribution in [0.4, 0.5) is 14.5 Å². The summed E-state index contributed by atoms with van der Waals surface area (Å²) in [7, 11) is 0. The van der Waals surface area contributed by atoms with E-state index in [9.17, 15) is 13.6 Å². The van der Waals surface area contributed by atoms with Gasteiger partial charge in [0.15, 0.2) is 11.6 Å². The number of hydrogen-bond donors (Lipinski definition) is 2. The fraction of sp³-hybridized carbons (Fsp3) is 0.125. The molecule has 1 N–H and O–H groups in total. The van der Waals surface area contributed by atoms with Crippen LogP contribution in [0.15, 0.2) is 17.0 Å². The summed E-state index contributed by atoms with van der Waals surface area (Å²) in [6.45, 7) is 1.17. The van der Waals surface area contributed by atoms with Crippen LogP contribution < -0.4 is 5.32 Å². The summed E-state index contributed by atoms with van der Waals surface area (Å²) in [6, 6.07) is 2.05. The topological polar surface area (TPSA) is 29.1 Å². The standard InChI is InChI=1S/C8H7F2NOS/c1-4(12)11-8-6(9)2-5(13)3-7(8)10/h2-3,13H,1H3,(H,11,12). The third-order valence-electron chi connectivity index (χ3n) is 1.33. The van der Waals surface area contributed by atoms with Crippen molar-refractivity contribution in [3.05, 3.63) is 23.8 Å². The Morgan fingerprint density at radius 2 is 1.85 bits per heavy atom. The number of hydrogen-bond acceptors (Lipinski definition) is 2. The minimum absolute atomic E-state index is 0.170. The maximum Gasteiger partial charge on any atom is 0.221 e. The number of benzene rings is 1. The van der Waals surface area contributed by atoms with Gasteiger partial charge in [-0.2, -0.15) is 0 Å². The van der Waals surface area contributed by atoms with Crippen LogP contribution in [-0.2, 0) is 4.79 Å². The van der Waals surface area contributed by atoms with Crippen molar-refractivity contribution in [1.29, 1.82) is 0 Å². The molecule has 0 spiro atoms. The Morgan fingerprint density at radius 1 is 1.38 bits per heavy atom. The highest BCUT2D eigenvalue weighted by Crippen LogP contribution is 2.22. The Hall–Kier alpha value is -1.10. The highest BCUT2D eigenvalue weighted by atomic mass is 32.1. The second kappa shape index (κ2) is 3.74. The average Bonchev–Trinajstić information content (AvgIpc) is 1.96. The lowest BCUT2D eigenvalue weighted by Crippen LogP contribution is -2.09. The first kappa shape index (κ1) is 9.98. The Morgan fingerprint density at radius 3 is 2.23 bits per heavy atom. The predicted octanol–water partition coefficient (Wildman–Crippen LogP) is 2.21. The van der Waals surface area contributed by atoms with Gasteiger partial charge < -0.3 is 5.32 Å². The summed E-state index contributed by atoms with van der Waals surface area (Å²) < 4.78 is 25.9. The number of nitrogens with one attached hydrogen (secondary N) is 1. The molecule has 0 aliphatic heterocycles. The SMILES string of the molecule is CC(=O)Nc1c(F)cc(S)cc1F. The van der Waals surface area contributed by atoms with Crippen molar-refractivity contribution in [3.8, 4) is 0 Å². The molecule has 1 rings (SSSR count). The molecule has 0 aliphatic rings. The Kier molecular flexibility index (Phi) is 2.87. The molecule has 0 fully saturated rings. The highest BCUT2D eigenvalue weighted by molar-refractivity contribution is 7.80. The van der Waals surface area contributed by atoms with Crippen molar-refractivity contribution in [2.24, 2.45) is 0 Å². The third kappa shape index (κ3) is 2.42. The second-order valence-corrected chi connectivity index (χ2v) is 2.98. The lowest BCUT2D eigenvalue weighted by molar-refractivity contribution is -0.114. The van der Waals surface area contributed by atoms with E-state index < -0.39 is 23.2 Å². The molecule has 0 unspecified atom stereocenters. The van der Waals surface area contributed by atoms with Crippen LogP contribution >= 0.6 is 12.6 Å². The van der Waals surface area contributed by atoms with E-state index in [1.165, 1.54) is 6.92 Å². The normalized spacial score (nSPS) is 9.85. The average molecular weight is 203 g/mol. The molecule has 0 aliphatic carbocycles. The van der Waals surface area contributed by atoms with Gasteiger partial charge in [0.2, 0.25) is 5.91 Å². The summed E-state index contributed by atoms with van der Waals surface area (Å²) in [6.07, 6.45) is 0. The van der Waals surface area contributed by atoms with Crippen LogP contribution in [0.5, 0.6) is 0 Å². The molecular weight excluding hydrogens is 196 g/mol. The third-order valence-corrected chi connectivity index (χ3v) is 1.59. The molecule has 1 amide bonds. The van der Waals surface area contributed by atoms with Crippen molar-refractivity contribution in [2.45, 2.75) is 11.8 Å². The molecule has 2 nitrogen and oxygen atoms in total. The first-order valence-electron chi connectivity index (χ1n) is 3.46. The van der Waals surface area contributed by atoms with Crippen LogP contribution in [0, 0.1) is 11.6 Å². The van der Waals surface area contributed by atoms with E-state index in [4.69, 9.17) is 0 Å². The van der Waals surface area contributed by atoms with Crippen LogP contribution in [0.25, 0.3) is 0 Å². The summed E-state index contributed by atoms with van der Waals surface area (Å²) in [5, 5.41) is 2.05. The van der Waals surface area contributed by atoms with Gasteiger partial charge in [0, 0.05) is 11.8 Å². The van der Waals surface area contributed by atoms with Gasteiger partial charge in [-0.25, -0.2) is 8.78 Å². The van der Waals surface area contributed by atoms with Crippen LogP contribution in [0.2, 0.25) is 0 Å². The Balaban J connectivity index is 3.13. The smallest absolute Gasteiger partial charge is 0.221 e. The zero-order valence-corrected chi connectivity index (χ0v) is 7.66. The van der Waals surface area contributed by atoms with Gasteiger partial charge in [-0.1, -0.05) is 0 Å². The lowest BCUT2D eigenvalue weighted by Gasteiger charge is -2.05. The monoisotopic (exact) mass is 203 g/mol. The molecule has 0 aromatic heterocycles. The van der Waals surface area contributed by atoms with Gasteiger partial charge >= 0.3 is 0 Å². The summed E-state index contributed by atoms with van der Waals surface area (Å²) in [5.74, 6) is -2.19. The summed E-state index contributed by atoms with van der Waals surface area (Å²) in [5.41, 5.74) is -0.440. The zero-order valence-electron chi connectivity index (χ0n) is 6.77. The number of carbonyl (C=O) groups excluding carboxylic acids is 1. The van der Waals surface area contributed by atoms with Gasteiger partial charge in [-0.05, 0) is 12.1 Å². The van der Waals surface area contributed by atoms with Crippen molar-refractivity contribution < 1.29 is 13.6 Å². The predicted molar refractivity (Wildman–Crippen MR) is 47.9 cm³/mol. The first-order valence-corrected chi connectivity index (χ1v) is 3.91. The highest BCUT2D eigenvalue weighted by Gasteiger charge is 2.10. The fourth-order valence-electron chi connectivity index (χ4n) is 0.855. The number of thiol groups is 1. The first-order chi connectivity index (χ1) is 6.00. The van der Waals surface area contributed by atoms with Crippen molar-refractivity contribution >= 4 is 24.2 Å². The van der Waals surface area contributed by atoms with Crippen molar-refractivity contribution in [3.63, 3.8) is 0 Å². The molecule has 0 radical (unpaired) electrons. The van der Waals surface area contributed by atoms with Crippen LogP contribution in [0.3, 0.4) is 0 Å². The zero-order chi connectivity index (χ0) is 10.0. The number of halogens is 2. The van der Waals surface area contributed by atoms with E-state index in [0.29, 0.717) is 0 Å². The molecule has 1 aromatic rings. The largest absolute Gasteiger partial charge is 0.321 e. The molecule has 0 bridgehead atoms. The quantitative estimate of drug-likeness (QED) is 0.673. The van der Waals surface area contributed by atoms with E-state index >= 15 is 0 Å². The van der Waals surface area contributed by atoms with Gasteiger partial charge in [0.25, 0.3) is 0 Å². The molecular formula is C8H7F2NOS. The molecule has 0 saturated heterocycles. The minimum atomic E-state index is -0.833. The van der Waals surface area contributed by atoms with E-state index in [0.717, 1.165) is 12.1 Å². The molecule has 70 valence electrons. The summed E-state index contributed by atoms with van der Waals surface area (Å²) >= 11 is 3.77. The minimum Gasteiger partial charge on any atom is -0.321 e. The lowest BCUT2D eigenvalue weighted by atomic mass is 10.3. The summed E-state index contributed by atoms with van der Waals surface area (Å²) in [4.78, 5) is 10.7. The molecule has 13 heavy (non-hydrogen) atoms. The van der Waals surface area contributed by atoms with Crippen molar-refractivity contribution in [1.82, 2.24) is 0 Å². The number of carbonyl (C=O) groups is 1. The molecule has 5 heteroatoms. The van der Waals surface area contributed by atoms with Gasteiger partial charge in [0.1, 0.15) is 5.69 Å². The Labute approximate surface area is 79.4 Å². The Bertz CT molecular complexity index is 331. The van der Waals surface area contributed by atoms with Gasteiger partial charge in [-0.15, -0.1) is 12.6 Å². The van der Waals surface area contributed by atoms with Crippen LogP contribution in [-0.4, -0.2) is 5.91 Å². The maximum absolute atomic E-state index is 13.0. The maximum atomic E-state index is 13.0. The van der Waals surface area contributed by atoms with E-state index in [-0.39, 0.29) is 4.90 Å². The molecule has 0 heterocycles. The van der Waals surface area contributed by atoms with E-state index in [2.05, 4.69) is 12.6 Å². The molecule has 0 saturated carbocycles. The van der Waals surface area contributed by atoms with Gasteiger partial charge in [0.05, 0.1) is 0 Å². The molecule has 1 aromatic carbocycles. The van der Waals surface area contributed by atoms with E-state index in [1.54, 1.807) is 0 Å². The number of amides is 1. The fourth-order valence-corrected chi connectivity index (χ4v) is 1.08. The van der Waals surface area contributed by atoms with Gasteiger partial charge in [-0.3, -0.25) is 4.79 Å². The number of rotatable bonds is 1. The molecule has 0 atom stereocenters.